The van der Waals surface area contributed by atoms with Crippen molar-refractivity contribution in [2.75, 3.05) is 5.32 Å². The first-order chi connectivity index (χ1) is 6.94. The van der Waals surface area contributed by atoms with Crippen LogP contribution in [0.15, 0.2) is 30.3 Å². The molecule has 0 aliphatic carbocycles. The topological polar surface area (TPSA) is 29.1 Å². The van der Waals surface area contributed by atoms with E-state index in [-0.39, 0.29) is 11.8 Å². The van der Waals surface area contributed by atoms with Crippen LogP contribution in [0, 0.1) is 5.92 Å². The lowest BCUT2D eigenvalue weighted by Gasteiger charge is -2.23. The molecule has 0 saturated carbocycles. The van der Waals surface area contributed by atoms with Gasteiger partial charge >= 0.3 is 0 Å². The number of para-hydroxylation sites is 1. The standard InChI is InChI=1S/C11H13BrClNO/c1-8(2)11(12,13)10(15)14-9-6-4-3-5-7-9/h3-8H,1-2H3,(H,14,15). The highest BCUT2D eigenvalue weighted by molar-refractivity contribution is 9.10. The van der Waals surface area contributed by atoms with Gasteiger partial charge in [-0.15, -0.1) is 0 Å². The molecule has 1 amide bonds. The summed E-state index contributed by atoms with van der Waals surface area (Å²) in [4.78, 5) is 11.8. The molecular weight excluding hydrogens is 277 g/mol. The van der Waals surface area contributed by atoms with Crippen LogP contribution < -0.4 is 5.32 Å². The second-order valence-electron chi connectivity index (χ2n) is 3.60. The summed E-state index contributed by atoms with van der Waals surface area (Å²) in [6.45, 7) is 3.76. The molecule has 1 unspecified atom stereocenters. The Labute approximate surface area is 103 Å². The molecule has 4 heteroatoms. The number of anilines is 1. The van der Waals surface area contributed by atoms with E-state index >= 15 is 0 Å². The van der Waals surface area contributed by atoms with Crippen LogP contribution in [0.1, 0.15) is 13.8 Å². The van der Waals surface area contributed by atoms with E-state index in [2.05, 4.69) is 21.2 Å². The molecule has 0 aromatic heterocycles. The summed E-state index contributed by atoms with van der Waals surface area (Å²) in [6, 6.07) is 9.24. The average Bonchev–Trinajstić information content (AvgIpc) is 2.18. The largest absolute Gasteiger partial charge is 0.324 e. The molecule has 0 radical (unpaired) electrons. The lowest BCUT2D eigenvalue weighted by molar-refractivity contribution is -0.117. The quantitative estimate of drug-likeness (QED) is 0.847. The first-order valence-corrected chi connectivity index (χ1v) is 5.86. The molecule has 1 rings (SSSR count). The minimum Gasteiger partial charge on any atom is -0.324 e. The van der Waals surface area contributed by atoms with Crippen molar-refractivity contribution in [3.05, 3.63) is 30.3 Å². The third-order valence-corrected chi connectivity index (χ3v) is 3.94. The van der Waals surface area contributed by atoms with Gasteiger partial charge in [0.05, 0.1) is 0 Å². The third-order valence-electron chi connectivity index (χ3n) is 2.06. The molecule has 1 atom stereocenters. The van der Waals surface area contributed by atoms with E-state index in [1.807, 2.05) is 44.2 Å². The van der Waals surface area contributed by atoms with Gasteiger partial charge in [-0.2, -0.15) is 0 Å². The van der Waals surface area contributed by atoms with Crippen molar-refractivity contribution in [2.24, 2.45) is 5.92 Å². The van der Waals surface area contributed by atoms with Gasteiger partial charge in [0, 0.05) is 5.69 Å². The fourth-order valence-electron chi connectivity index (χ4n) is 0.998. The lowest BCUT2D eigenvalue weighted by atomic mass is 10.1. The molecule has 1 N–H and O–H groups in total. The SMILES string of the molecule is CC(C)C(Cl)(Br)C(=O)Nc1ccccc1. The number of carbonyl (C=O) groups excluding carboxylic acids is 1. The Hall–Kier alpha value is -0.540. The van der Waals surface area contributed by atoms with Crippen LogP contribution in [0.5, 0.6) is 0 Å². The highest BCUT2D eigenvalue weighted by Crippen LogP contribution is 2.33. The fourth-order valence-corrected chi connectivity index (χ4v) is 1.14. The fraction of sp³-hybridized carbons (Fsp3) is 0.364. The van der Waals surface area contributed by atoms with Gasteiger partial charge in [0.25, 0.3) is 5.91 Å². The maximum Gasteiger partial charge on any atom is 0.256 e. The molecule has 2 nitrogen and oxygen atoms in total. The summed E-state index contributed by atoms with van der Waals surface area (Å²) >= 11 is 9.30. The summed E-state index contributed by atoms with van der Waals surface area (Å²) < 4.78 is -1.05. The second kappa shape index (κ2) is 4.99. The molecule has 1 aromatic carbocycles. The van der Waals surface area contributed by atoms with Crippen LogP contribution in [0.2, 0.25) is 0 Å². The predicted molar refractivity (Wildman–Crippen MR) is 67.4 cm³/mol. The van der Waals surface area contributed by atoms with Gasteiger partial charge < -0.3 is 5.32 Å². The van der Waals surface area contributed by atoms with Gasteiger partial charge in [-0.05, 0) is 18.1 Å². The zero-order valence-electron chi connectivity index (χ0n) is 8.63. The zero-order valence-corrected chi connectivity index (χ0v) is 11.0. The third kappa shape index (κ3) is 3.21. The van der Waals surface area contributed by atoms with Gasteiger partial charge in [0.15, 0.2) is 3.78 Å². The lowest BCUT2D eigenvalue weighted by Crippen LogP contribution is -2.36. The molecular formula is C11H13BrClNO. The number of benzene rings is 1. The first-order valence-electron chi connectivity index (χ1n) is 4.69. The summed E-state index contributed by atoms with van der Waals surface area (Å²) in [5.74, 6) is -0.242. The predicted octanol–water partition coefficient (Wildman–Crippen LogP) is 3.61. The Morgan fingerprint density at radius 1 is 1.40 bits per heavy atom. The van der Waals surface area contributed by atoms with Gasteiger partial charge in [-0.3, -0.25) is 4.79 Å². The Bertz CT molecular complexity index is 338. The van der Waals surface area contributed by atoms with Gasteiger partial charge in [-0.1, -0.05) is 59.6 Å². The first kappa shape index (κ1) is 12.5. The van der Waals surface area contributed by atoms with Gasteiger partial charge in [0.1, 0.15) is 0 Å². The molecule has 0 fully saturated rings. The van der Waals surface area contributed by atoms with Crippen molar-refractivity contribution in [1.82, 2.24) is 0 Å². The molecule has 0 spiro atoms. The number of nitrogens with one attached hydrogen (secondary N) is 1. The average molecular weight is 291 g/mol. The minimum atomic E-state index is -1.05. The van der Waals surface area contributed by atoms with E-state index in [0.717, 1.165) is 5.69 Å². The molecule has 1 aromatic rings. The van der Waals surface area contributed by atoms with E-state index in [4.69, 9.17) is 11.6 Å². The molecule has 82 valence electrons. The van der Waals surface area contributed by atoms with Crippen LogP contribution in [-0.2, 0) is 4.79 Å². The number of amides is 1. The van der Waals surface area contributed by atoms with Crippen molar-refractivity contribution in [2.45, 2.75) is 17.6 Å². The smallest absolute Gasteiger partial charge is 0.256 e. The normalized spacial score (nSPS) is 14.7. The second-order valence-corrected chi connectivity index (χ2v) is 5.90. The number of alkyl halides is 2. The van der Waals surface area contributed by atoms with E-state index in [9.17, 15) is 4.79 Å². The molecule has 0 saturated heterocycles. The minimum absolute atomic E-state index is 0.00267. The summed E-state index contributed by atoms with van der Waals surface area (Å²) in [6.07, 6.45) is 0. The number of rotatable bonds is 3. The highest BCUT2D eigenvalue weighted by Gasteiger charge is 2.36. The molecule has 0 bridgehead atoms. The van der Waals surface area contributed by atoms with Crippen LogP contribution in [0.4, 0.5) is 5.69 Å². The van der Waals surface area contributed by atoms with Crippen molar-refractivity contribution < 1.29 is 4.79 Å². The van der Waals surface area contributed by atoms with E-state index in [0.29, 0.717) is 0 Å². The van der Waals surface area contributed by atoms with Crippen LogP contribution >= 0.6 is 27.5 Å². The maximum absolute atomic E-state index is 11.8. The van der Waals surface area contributed by atoms with E-state index in [1.165, 1.54) is 0 Å². The Morgan fingerprint density at radius 3 is 2.40 bits per heavy atom. The maximum atomic E-state index is 11.8. The van der Waals surface area contributed by atoms with E-state index < -0.39 is 3.78 Å². The van der Waals surface area contributed by atoms with Crippen molar-refractivity contribution in [1.29, 1.82) is 0 Å². The Balaban J connectivity index is 2.72. The highest BCUT2D eigenvalue weighted by atomic mass is 79.9. The van der Waals surface area contributed by atoms with Crippen LogP contribution in [0.25, 0.3) is 0 Å². The number of halogens is 2. The van der Waals surface area contributed by atoms with Crippen molar-refractivity contribution >= 4 is 39.1 Å². The van der Waals surface area contributed by atoms with Crippen LogP contribution in [0.3, 0.4) is 0 Å². The Kier molecular flexibility index (Phi) is 4.17. The Morgan fingerprint density at radius 2 is 1.93 bits per heavy atom. The molecule has 15 heavy (non-hydrogen) atoms. The molecule has 0 heterocycles. The van der Waals surface area contributed by atoms with E-state index in [1.54, 1.807) is 0 Å². The summed E-state index contributed by atoms with van der Waals surface area (Å²) in [5.41, 5.74) is 0.743. The van der Waals surface area contributed by atoms with Crippen molar-refractivity contribution in [3.8, 4) is 0 Å². The van der Waals surface area contributed by atoms with Crippen LogP contribution in [-0.4, -0.2) is 9.69 Å². The number of hydrogen-bond acceptors (Lipinski definition) is 1. The summed E-state index contributed by atoms with van der Waals surface area (Å²) in [7, 11) is 0. The van der Waals surface area contributed by atoms with Gasteiger partial charge in [0.2, 0.25) is 0 Å². The van der Waals surface area contributed by atoms with Crippen molar-refractivity contribution in [3.63, 3.8) is 0 Å². The monoisotopic (exact) mass is 289 g/mol. The molecule has 0 aliphatic rings. The van der Waals surface area contributed by atoms with Gasteiger partial charge in [-0.25, -0.2) is 0 Å². The summed E-state index contributed by atoms with van der Waals surface area (Å²) in [5, 5.41) is 2.75. The number of carbonyl (C=O) groups is 1. The number of hydrogen-bond donors (Lipinski definition) is 1. The zero-order chi connectivity index (χ0) is 11.5. The molecule has 0 aliphatic heterocycles.